The van der Waals surface area contributed by atoms with Crippen LogP contribution in [0, 0.1) is 10.6 Å². The van der Waals surface area contributed by atoms with E-state index in [4.69, 9.17) is 12.2 Å². The van der Waals surface area contributed by atoms with Gasteiger partial charge in [-0.3, -0.25) is 5.10 Å². The molecule has 0 aliphatic heterocycles. The van der Waals surface area contributed by atoms with Gasteiger partial charge in [-0.15, -0.1) is 0 Å². The van der Waals surface area contributed by atoms with Crippen LogP contribution >= 0.6 is 12.2 Å². The maximum atomic E-state index is 13.1. The van der Waals surface area contributed by atoms with Gasteiger partial charge < -0.3 is 0 Å². The average molecular weight is 368 g/mol. The van der Waals surface area contributed by atoms with Crippen LogP contribution in [-0.2, 0) is 11.8 Å². The van der Waals surface area contributed by atoms with Crippen LogP contribution in [0.25, 0.3) is 0 Å². The number of aromatic nitrogens is 3. The standard InChI is InChI=1S/C20H21FN4S/c1-20(2,3)16-8-4-15(5-9-16)13-22-25-18(23-24-19(25)26)12-14-6-10-17(21)11-7-14/h4-11,13H,12H2,1-3H3,(H,24,26)/b22-13-. The lowest BCUT2D eigenvalue weighted by atomic mass is 9.87. The maximum Gasteiger partial charge on any atom is 0.216 e. The van der Waals surface area contributed by atoms with Crippen molar-refractivity contribution >= 4 is 18.4 Å². The van der Waals surface area contributed by atoms with Crippen molar-refractivity contribution in [1.29, 1.82) is 0 Å². The molecule has 2 aromatic carbocycles. The Balaban J connectivity index is 1.81. The highest BCUT2D eigenvalue weighted by Gasteiger charge is 2.12. The lowest BCUT2D eigenvalue weighted by molar-refractivity contribution is 0.590. The van der Waals surface area contributed by atoms with E-state index in [1.807, 2.05) is 12.1 Å². The first-order chi connectivity index (χ1) is 12.3. The minimum atomic E-state index is -0.260. The fraction of sp³-hybridized carbons (Fsp3) is 0.250. The minimum absolute atomic E-state index is 0.116. The molecule has 0 saturated carbocycles. The molecule has 3 aromatic rings. The molecule has 1 N–H and O–H groups in total. The second-order valence-electron chi connectivity index (χ2n) is 7.18. The Bertz CT molecular complexity index is 961. The molecule has 3 rings (SSSR count). The Morgan fingerprint density at radius 2 is 1.77 bits per heavy atom. The number of halogens is 1. The van der Waals surface area contributed by atoms with E-state index in [1.165, 1.54) is 17.7 Å². The summed E-state index contributed by atoms with van der Waals surface area (Å²) in [6, 6.07) is 14.6. The number of hydrogen-bond donors (Lipinski definition) is 1. The summed E-state index contributed by atoms with van der Waals surface area (Å²) >= 11 is 5.27. The van der Waals surface area contributed by atoms with E-state index in [1.54, 1.807) is 23.0 Å². The van der Waals surface area contributed by atoms with Gasteiger partial charge in [0.15, 0.2) is 5.82 Å². The van der Waals surface area contributed by atoms with Crippen LogP contribution in [0.3, 0.4) is 0 Å². The first kappa shape index (κ1) is 18.2. The van der Waals surface area contributed by atoms with Gasteiger partial charge in [-0.25, -0.2) is 4.39 Å². The van der Waals surface area contributed by atoms with E-state index in [0.717, 1.165) is 11.1 Å². The molecule has 0 spiro atoms. The molecule has 0 aliphatic carbocycles. The van der Waals surface area contributed by atoms with E-state index < -0.39 is 0 Å². The third kappa shape index (κ3) is 4.32. The van der Waals surface area contributed by atoms with Gasteiger partial charge in [0.2, 0.25) is 4.77 Å². The normalized spacial score (nSPS) is 12.0. The van der Waals surface area contributed by atoms with Gasteiger partial charge in [0.05, 0.1) is 6.21 Å². The SMILES string of the molecule is CC(C)(C)c1ccc(/C=N\n2c(Cc3ccc(F)cc3)n[nH]c2=S)cc1. The Hall–Kier alpha value is -2.60. The predicted octanol–water partition coefficient (Wildman–Crippen LogP) is 4.85. The van der Waals surface area contributed by atoms with Gasteiger partial charge in [0.25, 0.3) is 0 Å². The van der Waals surface area contributed by atoms with Crippen LogP contribution in [-0.4, -0.2) is 21.1 Å². The third-order valence-electron chi connectivity index (χ3n) is 4.09. The molecule has 0 fully saturated rings. The summed E-state index contributed by atoms with van der Waals surface area (Å²) in [5.74, 6) is 0.411. The molecule has 1 aromatic heterocycles. The fourth-order valence-corrected chi connectivity index (χ4v) is 2.73. The number of H-pyrrole nitrogens is 1. The van der Waals surface area contributed by atoms with Crippen molar-refractivity contribution in [2.75, 3.05) is 0 Å². The van der Waals surface area contributed by atoms with Crippen LogP contribution in [0.5, 0.6) is 0 Å². The highest BCUT2D eigenvalue weighted by atomic mass is 32.1. The molecular weight excluding hydrogens is 347 g/mol. The topological polar surface area (TPSA) is 46.0 Å². The van der Waals surface area contributed by atoms with Crippen molar-refractivity contribution in [3.63, 3.8) is 0 Å². The third-order valence-corrected chi connectivity index (χ3v) is 4.36. The summed E-state index contributed by atoms with van der Waals surface area (Å²) in [5, 5.41) is 11.5. The van der Waals surface area contributed by atoms with Gasteiger partial charge in [-0.1, -0.05) is 57.2 Å². The van der Waals surface area contributed by atoms with E-state index in [0.29, 0.717) is 17.0 Å². The lowest BCUT2D eigenvalue weighted by Gasteiger charge is -2.18. The largest absolute Gasteiger partial charge is 0.250 e. The number of nitrogens with zero attached hydrogens (tertiary/aromatic N) is 3. The van der Waals surface area contributed by atoms with Gasteiger partial charge >= 0.3 is 0 Å². The zero-order valence-electron chi connectivity index (χ0n) is 15.0. The molecule has 6 heteroatoms. The van der Waals surface area contributed by atoms with Crippen LogP contribution in [0.4, 0.5) is 4.39 Å². The van der Waals surface area contributed by atoms with E-state index in [9.17, 15) is 4.39 Å². The number of nitrogens with one attached hydrogen (secondary N) is 1. The molecular formula is C20H21FN4S. The predicted molar refractivity (Wildman–Crippen MR) is 105 cm³/mol. The molecule has 134 valence electrons. The maximum absolute atomic E-state index is 13.1. The van der Waals surface area contributed by atoms with Crippen molar-refractivity contribution in [3.8, 4) is 0 Å². The van der Waals surface area contributed by atoms with Gasteiger partial charge in [-0.05, 0) is 46.5 Å². The summed E-state index contributed by atoms with van der Waals surface area (Å²) in [5.41, 5.74) is 3.30. The summed E-state index contributed by atoms with van der Waals surface area (Å²) in [7, 11) is 0. The Morgan fingerprint density at radius 3 is 2.38 bits per heavy atom. The highest BCUT2D eigenvalue weighted by molar-refractivity contribution is 7.71. The smallest absolute Gasteiger partial charge is 0.216 e. The highest BCUT2D eigenvalue weighted by Crippen LogP contribution is 2.21. The molecule has 0 aliphatic rings. The zero-order chi connectivity index (χ0) is 18.7. The summed E-state index contributed by atoms with van der Waals surface area (Å²) in [6.45, 7) is 6.55. The molecule has 1 heterocycles. The van der Waals surface area contributed by atoms with E-state index in [-0.39, 0.29) is 11.2 Å². The molecule has 0 unspecified atom stereocenters. The Labute approximate surface area is 157 Å². The molecule has 0 saturated heterocycles. The lowest BCUT2D eigenvalue weighted by Crippen LogP contribution is -2.10. The quantitative estimate of drug-likeness (QED) is 0.528. The Kier molecular flexibility index (Phi) is 5.13. The number of benzene rings is 2. The van der Waals surface area contributed by atoms with Crippen molar-refractivity contribution < 1.29 is 4.39 Å². The van der Waals surface area contributed by atoms with E-state index in [2.05, 4.69) is 48.2 Å². The minimum Gasteiger partial charge on any atom is -0.250 e. The Morgan fingerprint density at radius 1 is 1.12 bits per heavy atom. The van der Waals surface area contributed by atoms with Crippen molar-refractivity contribution in [2.45, 2.75) is 32.6 Å². The van der Waals surface area contributed by atoms with Crippen LogP contribution in [0.1, 0.15) is 43.3 Å². The molecule has 0 atom stereocenters. The summed E-state index contributed by atoms with van der Waals surface area (Å²) < 4.78 is 15.1. The number of aromatic amines is 1. The monoisotopic (exact) mass is 368 g/mol. The average Bonchev–Trinajstić information content (AvgIpc) is 2.94. The molecule has 0 bridgehead atoms. The van der Waals surface area contributed by atoms with Crippen molar-refractivity contribution in [2.24, 2.45) is 5.10 Å². The second kappa shape index (κ2) is 7.33. The van der Waals surface area contributed by atoms with Crippen molar-refractivity contribution in [3.05, 3.63) is 81.6 Å². The molecule has 0 amide bonds. The summed E-state index contributed by atoms with van der Waals surface area (Å²) in [4.78, 5) is 0. The fourth-order valence-electron chi connectivity index (χ4n) is 2.54. The number of rotatable bonds is 4. The summed E-state index contributed by atoms with van der Waals surface area (Å²) in [6.07, 6.45) is 2.26. The van der Waals surface area contributed by atoms with Crippen LogP contribution in [0.2, 0.25) is 0 Å². The molecule has 0 radical (unpaired) electrons. The van der Waals surface area contributed by atoms with Gasteiger partial charge in [0, 0.05) is 6.42 Å². The first-order valence-corrected chi connectivity index (χ1v) is 8.79. The van der Waals surface area contributed by atoms with Crippen LogP contribution < -0.4 is 0 Å². The van der Waals surface area contributed by atoms with Gasteiger partial charge in [0.1, 0.15) is 5.82 Å². The van der Waals surface area contributed by atoms with Gasteiger partial charge in [-0.2, -0.15) is 14.9 Å². The molecule has 26 heavy (non-hydrogen) atoms. The number of hydrogen-bond acceptors (Lipinski definition) is 3. The van der Waals surface area contributed by atoms with E-state index >= 15 is 0 Å². The van der Waals surface area contributed by atoms with Crippen LogP contribution in [0.15, 0.2) is 53.6 Å². The van der Waals surface area contributed by atoms with Crippen molar-refractivity contribution in [1.82, 2.24) is 14.9 Å². The second-order valence-corrected chi connectivity index (χ2v) is 7.56. The molecule has 4 nitrogen and oxygen atoms in total. The zero-order valence-corrected chi connectivity index (χ0v) is 15.8. The first-order valence-electron chi connectivity index (χ1n) is 8.38.